The fourth-order valence-corrected chi connectivity index (χ4v) is 6.38. The highest BCUT2D eigenvalue weighted by Gasteiger charge is 2.50. The molecule has 3 atom stereocenters. The van der Waals surface area contributed by atoms with Crippen LogP contribution in [0, 0.1) is 29.0 Å². The number of rotatable bonds is 3. The second kappa shape index (κ2) is 8.41. The van der Waals surface area contributed by atoms with E-state index >= 15 is 0 Å². The van der Waals surface area contributed by atoms with Gasteiger partial charge in [-0.25, -0.2) is 9.37 Å². The van der Waals surface area contributed by atoms with Crippen LogP contribution in [0.1, 0.15) is 31.7 Å². The number of fused-ring (bicyclic) bond motifs is 3. The van der Waals surface area contributed by atoms with Crippen molar-refractivity contribution in [2.45, 2.75) is 32.1 Å². The number of hydrogen-bond acceptors (Lipinski definition) is 3. The predicted molar refractivity (Wildman–Crippen MR) is 140 cm³/mol. The Morgan fingerprint density at radius 2 is 1.89 bits per heavy atom. The summed E-state index contributed by atoms with van der Waals surface area (Å²) in [6, 6.07) is 21.0. The standard InChI is InChI=1S/C31H27FN4O/c1-19-25-12-13-27-29(31(25,2)17-22(18-33)28(19)37)34-30(36(27)24-10-5-9-23(32)16-24)21-8-4-7-20(15-21)26-11-6-14-35(26)3/h4-11,14-17,19,25H,12-13H2,1-3H3/t19-,25-,31-/m1/s1. The molecule has 0 aliphatic heterocycles. The van der Waals surface area contributed by atoms with Gasteiger partial charge in [-0.2, -0.15) is 5.26 Å². The van der Waals surface area contributed by atoms with Gasteiger partial charge in [0.1, 0.15) is 17.7 Å². The summed E-state index contributed by atoms with van der Waals surface area (Å²) < 4.78 is 18.6. The Morgan fingerprint density at radius 3 is 2.62 bits per heavy atom. The molecule has 0 N–H and O–H groups in total. The number of benzene rings is 2. The molecule has 0 bridgehead atoms. The Kier molecular flexibility index (Phi) is 5.27. The minimum atomic E-state index is -0.574. The van der Waals surface area contributed by atoms with Crippen LogP contribution in [-0.2, 0) is 23.7 Å². The lowest BCUT2D eigenvalue weighted by Gasteiger charge is -2.44. The van der Waals surface area contributed by atoms with Crippen LogP contribution in [0.3, 0.4) is 0 Å². The maximum Gasteiger partial charge on any atom is 0.176 e. The molecule has 0 fully saturated rings. The highest BCUT2D eigenvalue weighted by Crippen LogP contribution is 2.50. The molecule has 2 aromatic heterocycles. The van der Waals surface area contributed by atoms with Crippen LogP contribution < -0.4 is 0 Å². The molecular formula is C31H27FN4O. The quantitative estimate of drug-likeness (QED) is 0.345. The molecule has 0 saturated heterocycles. The number of allylic oxidation sites excluding steroid dienone is 2. The predicted octanol–water partition coefficient (Wildman–Crippen LogP) is 6.17. The fourth-order valence-electron chi connectivity index (χ4n) is 6.38. The van der Waals surface area contributed by atoms with Crippen molar-refractivity contribution in [1.29, 1.82) is 5.26 Å². The lowest BCUT2D eigenvalue weighted by molar-refractivity contribution is -0.121. The first kappa shape index (κ1) is 23.2. The molecule has 184 valence electrons. The Labute approximate surface area is 215 Å². The van der Waals surface area contributed by atoms with E-state index in [2.05, 4.69) is 40.3 Å². The van der Waals surface area contributed by atoms with Crippen LogP contribution in [0.2, 0.25) is 0 Å². The van der Waals surface area contributed by atoms with Gasteiger partial charge >= 0.3 is 0 Å². The Bertz CT molecular complexity index is 1630. The zero-order chi connectivity index (χ0) is 25.9. The molecule has 0 amide bonds. The summed E-state index contributed by atoms with van der Waals surface area (Å²) in [5.41, 5.74) is 5.26. The summed E-state index contributed by atoms with van der Waals surface area (Å²) in [6.45, 7) is 4.01. The van der Waals surface area contributed by atoms with Crippen molar-refractivity contribution in [3.8, 4) is 34.4 Å². The van der Waals surface area contributed by atoms with E-state index in [-0.39, 0.29) is 29.0 Å². The number of nitriles is 1. The van der Waals surface area contributed by atoms with Crippen LogP contribution >= 0.6 is 0 Å². The van der Waals surface area contributed by atoms with E-state index in [1.807, 2.05) is 50.5 Å². The van der Waals surface area contributed by atoms with Gasteiger partial charge in [0.15, 0.2) is 5.78 Å². The van der Waals surface area contributed by atoms with E-state index in [0.29, 0.717) is 12.1 Å². The van der Waals surface area contributed by atoms with Gasteiger partial charge in [0.25, 0.3) is 0 Å². The molecule has 2 heterocycles. The van der Waals surface area contributed by atoms with E-state index in [0.717, 1.165) is 40.5 Å². The normalized spacial score (nSPS) is 22.7. The van der Waals surface area contributed by atoms with Crippen molar-refractivity contribution < 1.29 is 9.18 Å². The summed E-state index contributed by atoms with van der Waals surface area (Å²) in [5.74, 6) is 0.106. The zero-order valence-corrected chi connectivity index (χ0v) is 21.1. The molecule has 2 aliphatic rings. The minimum Gasteiger partial charge on any atom is -0.351 e. The second-order valence-corrected chi connectivity index (χ2v) is 10.4. The number of imidazole rings is 1. The maximum atomic E-state index is 14.4. The smallest absolute Gasteiger partial charge is 0.176 e. The highest BCUT2D eigenvalue weighted by atomic mass is 19.1. The van der Waals surface area contributed by atoms with Crippen LogP contribution in [0.5, 0.6) is 0 Å². The molecule has 4 aromatic rings. The molecular weight excluding hydrogens is 463 g/mol. The first-order chi connectivity index (χ1) is 17.8. The first-order valence-electron chi connectivity index (χ1n) is 12.6. The van der Waals surface area contributed by atoms with Gasteiger partial charge in [0.2, 0.25) is 0 Å². The van der Waals surface area contributed by atoms with Crippen LogP contribution in [0.4, 0.5) is 4.39 Å². The lowest BCUT2D eigenvalue weighted by atomic mass is 9.58. The molecule has 2 aliphatic carbocycles. The van der Waals surface area contributed by atoms with Gasteiger partial charge in [0, 0.05) is 41.5 Å². The van der Waals surface area contributed by atoms with Crippen molar-refractivity contribution in [3.05, 3.63) is 95.7 Å². The third kappa shape index (κ3) is 3.49. The van der Waals surface area contributed by atoms with Crippen LogP contribution in [0.15, 0.2) is 78.5 Å². The van der Waals surface area contributed by atoms with Gasteiger partial charge in [-0.15, -0.1) is 0 Å². The Hall–Kier alpha value is -4.24. The topological polar surface area (TPSA) is 63.6 Å². The number of aromatic nitrogens is 3. The number of ketones is 1. The second-order valence-electron chi connectivity index (χ2n) is 10.4. The van der Waals surface area contributed by atoms with E-state index in [1.54, 1.807) is 6.07 Å². The number of nitrogens with zero attached hydrogens (tertiary/aromatic N) is 4. The number of halogens is 1. The SMILES string of the molecule is C[C@H]1C(=O)C(C#N)=C[C@@]2(C)c3nc(-c4cccc(-c5cccn5C)c4)n(-c4cccc(F)c4)c3CC[C@H]12. The molecule has 0 saturated carbocycles. The molecule has 0 radical (unpaired) electrons. The summed E-state index contributed by atoms with van der Waals surface area (Å²) in [5, 5.41) is 9.71. The third-order valence-electron chi connectivity index (χ3n) is 8.22. The van der Waals surface area contributed by atoms with Crippen molar-refractivity contribution in [2.24, 2.45) is 18.9 Å². The van der Waals surface area contributed by atoms with Crippen molar-refractivity contribution in [2.75, 3.05) is 0 Å². The van der Waals surface area contributed by atoms with Crippen LogP contribution in [-0.4, -0.2) is 19.9 Å². The van der Waals surface area contributed by atoms with Gasteiger partial charge in [-0.05, 0) is 60.7 Å². The molecule has 6 heteroatoms. The molecule has 5 nitrogen and oxygen atoms in total. The lowest BCUT2D eigenvalue weighted by Crippen LogP contribution is -2.45. The highest BCUT2D eigenvalue weighted by molar-refractivity contribution is 6.02. The Balaban J connectivity index is 1.62. The Morgan fingerprint density at radius 1 is 1.11 bits per heavy atom. The average molecular weight is 491 g/mol. The van der Waals surface area contributed by atoms with Gasteiger partial charge in [0.05, 0.1) is 17.0 Å². The number of carbonyl (C=O) groups is 1. The van der Waals surface area contributed by atoms with Crippen LogP contribution in [0.25, 0.3) is 28.3 Å². The largest absolute Gasteiger partial charge is 0.351 e. The van der Waals surface area contributed by atoms with Crippen molar-refractivity contribution >= 4 is 5.78 Å². The first-order valence-corrected chi connectivity index (χ1v) is 12.6. The molecule has 0 spiro atoms. The molecule has 2 aromatic carbocycles. The summed E-state index contributed by atoms with van der Waals surface area (Å²) >= 11 is 0. The molecule has 6 rings (SSSR count). The van der Waals surface area contributed by atoms with Gasteiger partial charge in [-0.3, -0.25) is 9.36 Å². The summed E-state index contributed by atoms with van der Waals surface area (Å²) in [7, 11) is 2.01. The van der Waals surface area contributed by atoms with Gasteiger partial charge < -0.3 is 4.57 Å². The third-order valence-corrected chi connectivity index (χ3v) is 8.22. The molecule has 37 heavy (non-hydrogen) atoms. The minimum absolute atomic E-state index is 0.0445. The van der Waals surface area contributed by atoms with E-state index in [4.69, 9.17) is 4.98 Å². The van der Waals surface area contributed by atoms with Crippen molar-refractivity contribution in [3.63, 3.8) is 0 Å². The summed E-state index contributed by atoms with van der Waals surface area (Å²) in [4.78, 5) is 18.1. The summed E-state index contributed by atoms with van der Waals surface area (Å²) in [6.07, 6.45) is 5.34. The number of aryl methyl sites for hydroxylation is 1. The molecule has 0 unspecified atom stereocenters. The van der Waals surface area contributed by atoms with E-state index in [1.165, 1.54) is 12.1 Å². The zero-order valence-electron chi connectivity index (χ0n) is 21.1. The monoisotopic (exact) mass is 490 g/mol. The van der Waals surface area contributed by atoms with Crippen molar-refractivity contribution in [1.82, 2.24) is 14.1 Å². The maximum absolute atomic E-state index is 14.4. The fraction of sp³-hybridized carbons (Fsp3) is 0.258. The van der Waals surface area contributed by atoms with E-state index in [9.17, 15) is 14.4 Å². The number of Topliss-reactive ketones (excluding diaryl/α,β-unsaturated/α-hetero) is 1. The van der Waals surface area contributed by atoms with E-state index < -0.39 is 5.41 Å². The van der Waals surface area contributed by atoms with Gasteiger partial charge in [-0.1, -0.05) is 44.2 Å². The number of hydrogen-bond donors (Lipinski definition) is 0. The number of carbonyl (C=O) groups excluding carboxylic acids is 1. The average Bonchev–Trinajstić information content (AvgIpc) is 3.51.